The summed E-state index contributed by atoms with van der Waals surface area (Å²) < 4.78 is 26.8. The Morgan fingerprint density at radius 3 is 2.60 bits per heavy atom. The Hall–Kier alpha value is -3.54. The van der Waals surface area contributed by atoms with Crippen molar-refractivity contribution in [1.29, 1.82) is 0 Å². The molecule has 2 fully saturated rings. The lowest BCUT2D eigenvalue weighted by Crippen LogP contribution is -2.76. The van der Waals surface area contributed by atoms with E-state index in [0.717, 1.165) is 54.5 Å². The molecule has 0 N–H and O–H groups in total. The van der Waals surface area contributed by atoms with Crippen molar-refractivity contribution in [2.45, 2.75) is 61.9 Å². The van der Waals surface area contributed by atoms with E-state index in [0.29, 0.717) is 13.2 Å². The second-order valence-electron chi connectivity index (χ2n) is 12.6. The molecule has 3 aromatic carbocycles. The van der Waals surface area contributed by atoms with Gasteiger partial charge in [-0.1, -0.05) is 78.9 Å². The molecule has 3 aliphatic carbocycles. The molecular formula is C37H39NO4. The van der Waals surface area contributed by atoms with Gasteiger partial charge in [-0.2, -0.15) is 0 Å². The molecule has 0 amide bonds. The maximum atomic E-state index is 7.26. The topological polar surface area (TPSA) is 40.2 Å². The Morgan fingerprint density at radius 1 is 1.00 bits per heavy atom. The summed E-state index contributed by atoms with van der Waals surface area (Å²) in [5.41, 5.74) is 4.27. The van der Waals surface area contributed by atoms with Crippen molar-refractivity contribution in [3.63, 3.8) is 0 Å². The first-order valence-corrected chi connectivity index (χ1v) is 15.6. The fourth-order valence-electron chi connectivity index (χ4n) is 8.30. The molecule has 2 aliphatic heterocycles. The quantitative estimate of drug-likeness (QED) is 0.275. The van der Waals surface area contributed by atoms with Crippen LogP contribution in [0.3, 0.4) is 0 Å². The van der Waals surface area contributed by atoms with Crippen LogP contribution in [0.2, 0.25) is 0 Å². The third-order valence-electron chi connectivity index (χ3n) is 10.4. The number of piperidine rings is 1. The molecule has 2 bridgehead atoms. The molecule has 0 aromatic heterocycles. The molecule has 42 heavy (non-hydrogen) atoms. The van der Waals surface area contributed by atoms with Crippen molar-refractivity contribution in [3.05, 3.63) is 113 Å². The van der Waals surface area contributed by atoms with Gasteiger partial charge in [-0.05, 0) is 67.0 Å². The van der Waals surface area contributed by atoms with Crippen LogP contribution >= 0.6 is 0 Å². The molecule has 3 aromatic rings. The molecule has 0 unspecified atom stereocenters. The third kappa shape index (κ3) is 4.05. The molecule has 0 radical (unpaired) electrons. The SMILES string of the molecule is COC1=CC[C@@]2(OC/C=C/c3ccccc3)[C@H]3Cc4ccc(OCc5ccccc5)c5c4[C@@]2(CCN3CC2CC2)[C@H]1O5. The highest BCUT2D eigenvalue weighted by molar-refractivity contribution is 5.64. The molecular weight excluding hydrogens is 522 g/mol. The van der Waals surface area contributed by atoms with E-state index in [1.165, 1.54) is 36.1 Å². The standard InChI is InChI=1S/C37H39NO4/c1-39-31-18-19-37(41-22-8-13-26-9-4-2-5-10-26)32-23-29-16-17-30(40-25-28-11-6-3-7-12-28)34-33(29)36(37,35(31)42-34)20-21-38(32)24-27-14-15-27/h2-13,16-18,27,32,35H,14-15,19-25H2,1H3/b13-8+/t32-,35+,36+,37-/m1/s1. The second-order valence-corrected chi connectivity index (χ2v) is 12.6. The van der Waals surface area contributed by atoms with E-state index in [1.54, 1.807) is 7.11 Å². The monoisotopic (exact) mass is 561 g/mol. The number of hydrogen-bond acceptors (Lipinski definition) is 5. The smallest absolute Gasteiger partial charge is 0.168 e. The summed E-state index contributed by atoms with van der Waals surface area (Å²) in [5.74, 6) is 3.44. The van der Waals surface area contributed by atoms with Crippen molar-refractivity contribution in [3.8, 4) is 11.5 Å². The second kappa shape index (κ2) is 10.3. The molecule has 1 saturated carbocycles. The van der Waals surface area contributed by atoms with E-state index in [4.69, 9.17) is 18.9 Å². The fraction of sp³-hybridized carbons (Fsp3) is 0.405. The van der Waals surface area contributed by atoms with Crippen LogP contribution < -0.4 is 9.47 Å². The number of rotatable bonds is 10. The van der Waals surface area contributed by atoms with Crippen molar-refractivity contribution >= 4 is 6.08 Å². The summed E-state index contributed by atoms with van der Waals surface area (Å²) in [6.45, 7) is 3.28. The zero-order valence-electron chi connectivity index (χ0n) is 24.3. The Kier molecular flexibility index (Phi) is 6.42. The summed E-state index contributed by atoms with van der Waals surface area (Å²) in [4.78, 5) is 2.76. The molecule has 216 valence electrons. The minimum atomic E-state index is -0.413. The van der Waals surface area contributed by atoms with Crippen LogP contribution in [0.5, 0.6) is 11.5 Å². The van der Waals surface area contributed by atoms with Gasteiger partial charge in [-0.25, -0.2) is 0 Å². The van der Waals surface area contributed by atoms with Crippen molar-refractivity contribution < 1.29 is 18.9 Å². The molecule has 5 heteroatoms. The first-order chi connectivity index (χ1) is 20.7. The number of methoxy groups -OCH3 is 1. The largest absolute Gasteiger partial charge is 0.497 e. The van der Waals surface area contributed by atoms with Crippen LogP contribution in [0.1, 0.15) is 47.9 Å². The maximum absolute atomic E-state index is 7.26. The van der Waals surface area contributed by atoms with Crippen LogP contribution in [-0.4, -0.2) is 49.5 Å². The molecule has 1 spiro atoms. The van der Waals surface area contributed by atoms with E-state index in [9.17, 15) is 0 Å². The van der Waals surface area contributed by atoms with Crippen LogP contribution in [-0.2, 0) is 27.9 Å². The Bertz CT molecular complexity index is 1510. The van der Waals surface area contributed by atoms with Gasteiger partial charge in [0.1, 0.15) is 18.0 Å². The summed E-state index contributed by atoms with van der Waals surface area (Å²) >= 11 is 0. The van der Waals surface area contributed by atoms with Crippen LogP contribution in [0, 0.1) is 5.92 Å². The zero-order valence-corrected chi connectivity index (χ0v) is 24.3. The van der Waals surface area contributed by atoms with Gasteiger partial charge in [-0.3, -0.25) is 4.90 Å². The average Bonchev–Trinajstić information content (AvgIpc) is 3.78. The van der Waals surface area contributed by atoms with Crippen molar-refractivity contribution in [1.82, 2.24) is 4.90 Å². The maximum Gasteiger partial charge on any atom is 0.168 e. The van der Waals surface area contributed by atoms with E-state index < -0.39 is 5.60 Å². The van der Waals surface area contributed by atoms with Crippen LogP contribution in [0.4, 0.5) is 0 Å². The number of likely N-dealkylation sites (tertiary alicyclic amines) is 1. The molecule has 5 nitrogen and oxygen atoms in total. The lowest BCUT2D eigenvalue weighted by Gasteiger charge is -2.64. The Labute approximate surface area is 248 Å². The Balaban J connectivity index is 1.21. The highest BCUT2D eigenvalue weighted by Crippen LogP contribution is 2.67. The number of hydrogen-bond donors (Lipinski definition) is 0. The number of ether oxygens (including phenoxy) is 4. The van der Waals surface area contributed by atoms with Gasteiger partial charge >= 0.3 is 0 Å². The average molecular weight is 562 g/mol. The first kappa shape index (κ1) is 26.1. The summed E-state index contributed by atoms with van der Waals surface area (Å²) in [5, 5.41) is 0. The zero-order chi connectivity index (χ0) is 28.1. The summed E-state index contributed by atoms with van der Waals surface area (Å²) in [6.07, 6.45) is 11.8. The fourth-order valence-corrected chi connectivity index (χ4v) is 8.30. The normalized spacial score (nSPS) is 29.1. The first-order valence-electron chi connectivity index (χ1n) is 15.6. The van der Waals surface area contributed by atoms with Gasteiger partial charge < -0.3 is 18.9 Å². The van der Waals surface area contributed by atoms with Gasteiger partial charge in [-0.15, -0.1) is 0 Å². The number of benzene rings is 3. The highest BCUT2D eigenvalue weighted by Gasteiger charge is 2.73. The number of nitrogens with zero attached hydrogens (tertiary/aromatic N) is 1. The molecule has 5 aliphatic rings. The van der Waals surface area contributed by atoms with Gasteiger partial charge in [0.05, 0.1) is 19.1 Å². The molecule has 4 atom stereocenters. The highest BCUT2D eigenvalue weighted by atomic mass is 16.6. The molecule has 2 heterocycles. The van der Waals surface area contributed by atoms with Gasteiger partial charge in [0.25, 0.3) is 0 Å². The van der Waals surface area contributed by atoms with E-state index in [-0.39, 0.29) is 17.6 Å². The van der Waals surface area contributed by atoms with Gasteiger partial charge in [0, 0.05) is 24.6 Å². The van der Waals surface area contributed by atoms with E-state index in [1.807, 2.05) is 6.07 Å². The van der Waals surface area contributed by atoms with Gasteiger partial charge in [0.2, 0.25) is 0 Å². The minimum Gasteiger partial charge on any atom is -0.497 e. The van der Waals surface area contributed by atoms with E-state index in [2.05, 4.69) is 89.9 Å². The summed E-state index contributed by atoms with van der Waals surface area (Å²) in [6, 6.07) is 25.5. The lowest BCUT2D eigenvalue weighted by molar-refractivity contribution is -0.196. The van der Waals surface area contributed by atoms with E-state index >= 15 is 0 Å². The Morgan fingerprint density at radius 2 is 1.81 bits per heavy atom. The summed E-state index contributed by atoms with van der Waals surface area (Å²) in [7, 11) is 1.78. The van der Waals surface area contributed by atoms with Crippen LogP contribution in [0.25, 0.3) is 6.08 Å². The third-order valence-corrected chi connectivity index (χ3v) is 10.4. The predicted octanol–water partition coefficient (Wildman–Crippen LogP) is 6.71. The molecule has 1 saturated heterocycles. The van der Waals surface area contributed by atoms with Crippen molar-refractivity contribution in [2.75, 3.05) is 26.8 Å². The van der Waals surface area contributed by atoms with Gasteiger partial charge in [0.15, 0.2) is 17.6 Å². The predicted molar refractivity (Wildman–Crippen MR) is 164 cm³/mol. The minimum absolute atomic E-state index is 0.226. The van der Waals surface area contributed by atoms with Crippen LogP contribution in [0.15, 0.2) is 90.7 Å². The molecule has 8 rings (SSSR count). The lowest BCUT2D eigenvalue weighted by atomic mass is 9.50. The van der Waals surface area contributed by atoms with Crippen molar-refractivity contribution in [2.24, 2.45) is 5.92 Å².